The zero-order valence-electron chi connectivity index (χ0n) is 7.39. The second-order valence-electron chi connectivity index (χ2n) is 2.82. The molecule has 0 spiro atoms. The lowest BCUT2D eigenvalue weighted by atomic mass is 10.2. The van der Waals surface area contributed by atoms with Gasteiger partial charge in [0.2, 0.25) is 0 Å². The average molecular weight is 182 g/mol. The van der Waals surface area contributed by atoms with Crippen molar-refractivity contribution in [1.29, 1.82) is 0 Å². The number of phenolic OH excluding ortho intramolecular Hbond substituents is 1. The van der Waals surface area contributed by atoms with Crippen LogP contribution in [0, 0.1) is 10.1 Å². The molecule has 1 aromatic rings. The highest BCUT2D eigenvalue weighted by molar-refractivity contribution is 5.57. The quantitative estimate of drug-likeness (QED) is 0.554. The van der Waals surface area contributed by atoms with E-state index < -0.39 is 4.92 Å². The van der Waals surface area contributed by atoms with Crippen LogP contribution in [0.15, 0.2) is 18.2 Å². The topological polar surface area (TPSA) is 66.6 Å². The minimum absolute atomic E-state index is 0.273. The van der Waals surface area contributed by atoms with Crippen LogP contribution in [0.25, 0.3) is 0 Å². The van der Waals surface area contributed by atoms with E-state index in [1.54, 1.807) is 25.1 Å². The number of phenols is 1. The molecule has 0 saturated carbocycles. The maximum Gasteiger partial charge on any atom is 0.310 e. The van der Waals surface area contributed by atoms with Crippen molar-refractivity contribution in [3.05, 3.63) is 28.3 Å². The monoisotopic (exact) mass is 182 g/mol. The molecule has 0 amide bonds. The first-order valence-corrected chi connectivity index (χ1v) is 3.67. The summed E-state index contributed by atoms with van der Waals surface area (Å²) in [6, 6.07) is 4.22. The fourth-order valence-corrected chi connectivity index (χ4v) is 0.944. The number of nitro benzene ring substituents is 1. The number of hydrogen-bond donors (Lipinski definition) is 1. The van der Waals surface area contributed by atoms with E-state index in [0.29, 0.717) is 0 Å². The fourth-order valence-electron chi connectivity index (χ4n) is 0.944. The number of aromatic hydroxyl groups is 1. The summed E-state index contributed by atoms with van der Waals surface area (Å²) < 4.78 is 0. The molecule has 0 aliphatic heterocycles. The van der Waals surface area contributed by atoms with Crippen LogP contribution in [0.1, 0.15) is 0 Å². The first kappa shape index (κ1) is 9.31. The largest absolute Gasteiger partial charge is 0.502 e. The molecule has 1 N–H and O–H groups in total. The van der Waals surface area contributed by atoms with Crippen LogP contribution in [0.5, 0.6) is 5.75 Å². The molecule has 0 unspecified atom stereocenters. The molecule has 13 heavy (non-hydrogen) atoms. The molecule has 0 heterocycles. The average Bonchev–Trinajstić information content (AvgIpc) is 2.03. The molecule has 0 radical (unpaired) electrons. The summed E-state index contributed by atoms with van der Waals surface area (Å²) in [6.45, 7) is 0. The van der Waals surface area contributed by atoms with Crippen LogP contribution in [0.3, 0.4) is 0 Å². The van der Waals surface area contributed by atoms with Crippen molar-refractivity contribution >= 4 is 11.4 Å². The van der Waals surface area contributed by atoms with Crippen LogP contribution in [0.4, 0.5) is 11.4 Å². The van der Waals surface area contributed by atoms with Gasteiger partial charge in [0.15, 0.2) is 5.75 Å². The Kier molecular flexibility index (Phi) is 2.36. The Morgan fingerprint density at radius 1 is 1.46 bits per heavy atom. The number of rotatable bonds is 2. The Balaban J connectivity index is 3.13. The van der Waals surface area contributed by atoms with Crippen molar-refractivity contribution in [3.63, 3.8) is 0 Å². The molecule has 1 aromatic carbocycles. The highest BCUT2D eigenvalue weighted by Crippen LogP contribution is 2.29. The van der Waals surface area contributed by atoms with Crippen molar-refractivity contribution in [2.24, 2.45) is 0 Å². The van der Waals surface area contributed by atoms with Crippen LogP contribution in [-0.4, -0.2) is 24.1 Å². The van der Waals surface area contributed by atoms with Gasteiger partial charge in [-0.3, -0.25) is 10.1 Å². The highest BCUT2D eigenvalue weighted by atomic mass is 16.6. The highest BCUT2D eigenvalue weighted by Gasteiger charge is 2.12. The van der Waals surface area contributed by atoms with Crippen LogP contribution in [-0.2, 0) is 0 Å². The second kappa shape index (κ2) is 3.30. The first-order valence-electron chi connectivity index (χ1n) is 3.67. The smallest absolute Gasteiger partial charge is 0.310 e. The maximum atomic E-state index is 10.3. The van der Waals surface area contributed by atoms with Gasteiger partial charge in [-0.1, -0.05) is 0 Å². The molecule has 0 fully saturated rings. The Morgan fingerprint density at radius 2 is 2.08 bits per heavy atom. The Hall–Kier alpha value is -1.78. The summed E-state index contributed by atoms with van der Waals surface area (Å²) in [7, 11) is 3.58. The van der Waals surface area contributed by atoms with Gasteiger partial charge in [0.05, 0.1) is 4.92 Å². The van der Waals surface area contributed by atoms with Crippen LogP contribution >= 0.6 is 0 Å². The van der Waals surface area contributed by atoms with E-state index in [2.05, 4.69) is 0 Å². The third kappa shape index (κ3) is 1.87. The Labute approximate surface area is 75.4 Å². The van der Waals surface area contributed by atoms with Gasteiger partial charge >= 0.3 is 5.69 Å². The summed E-state index contributed by atoms with van der Waals surface area (Å²) in [4.78, 5) is 11.5. The predicted octanol–water partition coefficient (Wildman–Crippen LogP) is 1.37. The van der Waals surface area contributed by atoms with E-state index in [1.807, 2.05) is 0 Å². The van der Waals surface area contributed by atoms with E-state index in [0.717, 1.165) is 5.69 Å². The van der Waals surface area contributed by atoms with Gasteiger partial charge in [-0.2, -0.15) is 0 Å². The molecular formula is C8H10N2O3. The van der Waals surface area contributed by atoms with Gasteiger partial charge in [0.1, 0.15) is 0 Å². The molecule has 5 heteroatoms. The van der Waals surface area contributed by atoms with Gasteiger partial charge in [-0.25, -0.2) is 0 Å². The third-order valence-electron chi connectivity index (χ3n) is 1.67. The van der Waals surface area contributed by atoms with Gasteiger partial charge in [0.25, 0.3) is 0 Å². The van der Waals surface area contributed by atoms with E-state index in [4.69, 9.17) is 0 Å². The normalized spacial score (nSPS) is 9.69. The molecule has 0 saturated heterocycles. The van der Waals surface area contributed by atoms with Gasteiger partial charge in [0, 0.05) is 31.9 Å². The lowest BCUT2D eigenvalue weighted by Crippen LogP contribution is -2.08. The Morgan fingerprint density at radius 3 is 2.46 bits per heavy atom. The molecule has 0 atom stereocenters. The minimum atomic E-state index is -0.616. The second-order valence-corrected chi connectivity index (χ2v) is 2.82. The number of nitrogens with zero attached hydrogens (tertiary/aromatic N) is 2. The lowest BCUT2D eigenvalue weighted by Gasteiger charge is -2.11. The molecule has 0 bridgehead atoms. The molecule has 70 valence electrons. The molecule has 0 aromatic heterocycles. The molecule has 0 aliphatic rings. The first-order chi connectivity index (χ1) is 6.02. The van der Waals surface area contributed by atoms with Crippen molar-refractivity contribution < 1.29 is 10.0 Å². The molecule has 0 aliphatic carbocycles. The van der Waals surface area contributed by atoms with Gasteiger partial charge in [-0.15, -0.1) is 0 Å². The lowest BCUT2D eigenvalue weighted by molar-refractivity contribution is -0.385. The van der Waals surface area contributed by atoms with Gasteiger partial charge < -0.3 is 10.0 Å². The minimum Gasteiger partial charge on any atom is -0.502 e. The van der Waals surface area contributed by atoms with Crippen LogP contribution < -0.4 is 4.90 Å². The maximum absolute atomic E-state index is 10.3. The summed E-state index contributed by atoms with van der Waals surface area (Å²) in [5, 5.41) is 19.6. The van der Waals surface area contributed by atoms with E-state index in [-0.39, 0.29) is 11.4 Å². The fraction of sp³-hybridized carbons (Fsp3) is 0.250. The van der Waals surface area contributed by atoms with Crippen molar-refractivity contribution in [2.45, 2.75) is 0 Å². The summed E-state index contributed by atoms with van der Waals surface area (Å²) >= 11 is 0. The SMILES string of the molecule is CN(C)c1ccc([N+](=O)[O-])c(O)c1. The number of hydrogen-bond acceptors (Lipinski definition) is 4. The number of anilines is 1. The van der Waals surface area contributed by atoms with Crippen molar-refractivity contribution in [3.8, 4) is 5.75 Å². The molecular weight excluding hydrogens is 172 g/mol. The summed E-state index contributed by atoms with van der Waals surface area (Å²) in [5.74, 6) is -0.309. The van der Waals surface area contributed by atoms with E-state index in [1.165, 1.54) is 12.1 Å². The number of nitro groups is 1. The number of benzene rings is 1. The van der Waals surface area contributed by atoms with E-state index >= 15 is 0 Å². The van der Waals surface area contributed by atoms with E-state index in [9.17, 15) is 15.2 Å². The summed E-state index contributed by atoms with van der Waals surface area (Å²) in [5.41, 5.74) is 0.453. The van der Waals surface area contributed by atoms with Crippen LogP contribution in [0.2, 0.25) is 0 Å². The molecule has 1 rings (SSSR count). The third-order valence-corrected chi connectivity index (χ3v) is 1.67. The Bertz CT molecular complexity index is 336. The standard InChI is InChI=1S/C8H10N2O3/c1-9(2)6-3-4-7(10(12)13)8(11)5-6/h3-5,11H,1-2H3. The van der Waals surface area contributed by atoms with Crippen molar-refractivity contribution in [1.82, 2.24) is 0 Å². The van der Waals surface area contributed by atoms with Crippen molar-refractivity contribution in [2.75, 3.05) is 19.0 Å². The zero-order chi connectivity index (χ0) is 10.0. The predicted molar refractivity (Wildman–Crippen MR) is 49.1 cm³/mol. The summed E-state index contributed by atoms with van der Waals surface area (Å²) in [6.07, 6.45) is 0. The van der Waals surface area contributed by atoms with Gasteiger partial charge in [-0.05, 0) is 6.07 Å². The molecule has 5 nitrogen and oxygen atoms in total. The zero-order valence-corrected chi connectivity index (χ0v) is 7.39.